The Kier molecular flexibility index (Phi) is 7.34. The van der Waals surface area contributed by atoms with E-state index >= 15 is 0 Å². The van der Waals surface area contributed by atoms with Crippen LogP contribution in [0, 0.1) is 5.92 Å². The maximum atomic E-state index is 2.27. The smallest absolute Gasteiger partial charge is 0.00393 e. The standard InChI is InChI=1S/C7H16S2/c1-4-8-9-6-5-7(2)3/h7H,4-6H2,1-3H3. The zero-order valence-electron chi connectivity index (χ0n) is 6.52. The highest BCUT2D eigenvalue weighted by molar-refractivity contribution is 8.76. The largest absolute Gasteiger partial charge is 0.0944 e. The van der Waals surface area contributed by atoms with Crippen LogP contribution in [0.2, 0.25) is 0 Å². The molecule has 56 valence electrons. The Morgan fingerprint density at radius 1 is 1.22 bits per heavy atom. The first-order chi connectivity index (χ1) is 4.27. The fourth-order valence-corrected chi connectivity index (χ4v) is 2.42. The van der Waals surface area contributed by atoms with E-state index in [2.05, 4.69) is 20.8 Å². The first-order valence-electron chi connectivity index (χ1n) is 3.51. The molecule has 0 atom stereocenters. The molecule has 0 aliphatic rings. The molecule has 0 bridgehead atoms. The second-order valence-corrected chi connectivity index (χ2v) is 5.28. The van der Waals surface area contributed by atoms with E-state index in [9.17, 15) is 0 Å². The fourth-order valence-electron chi connectivity index (χ4n) is 0.426. The van der Waals surface area contributed by atoms with Gasteiger partial charge in [0, 0.05) is 11.5 Å². The minimum atomic E-state index is 0.870. The van der Waals surface area contributed by atoms with Gasteiger partial charge in [-0.3, -0.25) is 0 Å². The molecule has 0 amide bonds. The number of hydrogen-bond acceptors (Lipinski definition) is 2. The minimum Gasteiger partial charge on any atom is -0.0944 e. The van der Waals surface area contributed by atoms with Crippen LogP contribution in [0.3, 0.4) is 0 Å². The quantitative estimate of drug-likeness (QED) is 0.451. The Morgan fingerprint density at radius 3 is 2.33 bits per heavy atom. The third-order valence-electron chi connectivity index (χ3n) is 0.980. The van der Waals surface area contributed by atoms with Crippen molar-refractivity contribution in [3.05, 3.63) is 0 Å². The molecule has 0 aromatic rings. The number of hydrogen-bond donors (Lipinski definition) is 0. The Morgan fingerprint density at radius 2 is 1.89 bits per heavy atom. The molecule has 0 radical (unpaired) electrons. The summed E-state index contributed by atoms with van der Waals surface area (Å²) in [5.41, 5.74) is 0. The maximum Gasteiger partial charge on any atom is 0.00393 e. The Labute approximate surface area is 66.6 Å². The third kappa shape index (κ3) is 8.70. The summed E-state index contributed by atoms with van der Waals surface area (Å²) in [5, 5.41) is 0. The summed E-state index contributed by atoms with van der Waals surface area (Å²) >= 11 is 0. The number of rotatable bonds is 5. The van der Waals surface area contributed by atoms with E-state index in [1.165, 1.54) is 17.9 Å². The molecule has 0 spiro atoms. The normalized spacial score (nSPS) is 10.7. The lowest BCUT2D eigenvalue weighted by molar-refractivity contribution is 0.633. The minimum absolute atomic E-state index is 0.870. The Bertz CT molecular complexity index is 52.9. The molecule has 0 aliphatic carbocycles. The summed E-state index contributed by atoms with van der Waals surface area (Å²) in [7, 11) is 3.96. The molecule has 0 heterocycles. The van der Waals surface area contributed by atoms with E-state index in [1.807, 2.05) is 21.6 Å². The fraction of sp³-hybridized carbons (Fsp3) is 1.00. The van der Waals surface area contributed by atoms with E-state index in [1.54, 1.807) is 0 Å². The SMILES string of the molecule is CCSSCCC(C)C. The molecular weight excluding hydrogens is 148 g/mol. The van der Waals surface area contributed by atoms with Gasteiger partial charge in [0.2, 0.25) is 0 Å². The van der Waals surface area contributed by atoms with Crippen LogP contribution in [0.25, 0.3) is 0 Å². The van der Waals surface area contributed by atoms with E-state index in [-0.39, 0.29) is 0 Å². The zero-order chi connectivity index (χ0) is 7.11. The lowest BCUT2D eigenvalue weighted by Crippen LogP contribution is -1.87. The van der Waals surface area contributed by atoms with Gasteiger partial charge in [-0.05, 0) is 12.3 Å². The third-order valence-corrected chi connectivity index (χ3v) is 3.49. The van der Waals surface area contributed by atoms with Gasteiger partial charge < -0.3 is 0 Å². The van der Waals surface area contributed by atoms with Crippen molar-refractivity contribution in [2.45, 2.75) is 27.2 Å². The highest BCUT2D eigenvalue weighted by Gasteiger charge is 1.92. The summed E-state index contributed by atoms with van der Waals surface area (Å²) in [5.74, 6) is 3.42. The van der Waals surface area contributed by atoms with Crippen LogP contribution >= 0.6 is 21.6 Å². The van der Waals surface area contributed by atoms with E-state index in [4.69, 9.17) is 0 Å². The summed E-state index contributed by atoms with van der Waals surface area (Å²) in [6.07, 6.45) is 1.36. The Hall–Kier alpha value is 0.700. The molecule has 0 aromatic heterocycles. The highest BCUT2D eigenvalue weighted by atomic mass is 33.1. The van der Waals surface area contributed by atoms with Gasteiger partial charge in [0.25, 0.3) is 0 Å². The van der Waals surface area contributed by atoms with Crippen molar-refractivity contribution in [1.82, 2.24) is 0 Å². The van der Waals surface area contributed by atoms with Crippen molar-refractivity contribution in [2.75, 3.05) is 11.5 Å². The van der Waals surface area contributed by atoms with Gasteiger partial charge >= 0.3 is 0 Å². The van der Waals surface area contributed by atoms with Gasteiger partial charge in [-0.25, -0.2) is 0 Å². The molecule has 0 aliphatic heterocycles. The van der Waals surface area contributed by atoms with Gasteiger partial charge in [0.15, 0.2) is 0 Å². The summed E-state index contributed by atoms with van der Waals surface area (Å²) in [4.78, 5) is 0. The van der Waals surface area contributed by atoms with Crippen molar-refractivity contribution < 1.29 is 0 Å². The second kappa shape index (κ2) is 6.81. The van der Waals surface area contributed by atoms with Gasteiger partial charge in [0.05, 0.1) is 0 Å². The lowest BCUT2D eigenvalue weighted by Gasteiger charge is -2.01. The van der Waals surface area contributed by atoms with E-state index in [0.29, 0.717) is 0 Å². The van der Waals surface area contributed by atoms with Crippen molar-refractivity contribution in [1.29, 1.82) is 0 Å². The molecule has 0 aromatic carbocycles. The highest BCUT2D eigenvalue weighted by Crippen LogP contribution is 2.22. The molecule has 0 nitrogen and oxygen atoms in total. The van der Waals surface area contributed by atoms with Crippen molar-refractivity contribution in [2.24, 2.45) is 5.92 Å². The molecule has 9 heavy (non-hydrogen) atoms. The van der Waals surface area contributed by atoms with E-state index < -0.39 is 0 Å². The summed E-state index contributed by atoms with van der Waals surface area (Å²) in [6, 6.07) is 0. The van der Waals surface area contributed by atoms with Crippen molar-refractivity contribution >= 4 is 21.6 Å². The summed E-state index contributed by atoms with van der Waals surface area (Å²) in [6.45, 7) is 6.75. The van der Waals surface area contributed by atoms with Crippen molar-refractivity contribution in [3.8, 4) is 0 Å². The van der Waals surface area contributed by atoms with Crippen LogP contribution in [-0.2, 0) is 0 Å². The van der Waals surface area contributed by atoms with Gasteiger partial charge in [-0.15, -0.1) is 0 Å². The Balaban J connectivity index is 2.75. The second-order valence-electron chi connectivity index (χ2n) is 2.41. The molecule has 0 saturated carbocycles. The molecule has 0 fully saturated rings. The van der Waals surface area contributed by atoms with Crippen LogP contribution in [0.1, 0.15) is 27.2 Å². The van der Waals surface area contributed by atoms with Gasteiger partial charge in [0.1, 0.15) is 0 Å². The molecular formula is C7H16S2. The molecule has 0 unspecified atom stereocenters. The monoisotopic (exact) mass is 164 g/mol. The van der Waals surface area contributed by atoms with Crippen LogP contribution in [0.5, 0.6) is 0 Å². The molecule has 0 rings (SSSR count). The first kappa shape index (κ1) is 9.70. The zero-order valence-corrected chi connectivity index (χ0v) is 8.15. The average Bonchev–Trinajstić information content (AvgIpc) is 1.80. The average molecular weight is 164 g/mol. The lowest BCUT2D eigenvalue weighted by atomic mass is 10.2. The van der Waals surface area contributed by atoms with Crippen LogP contribution in [0.15, 0.2) is 0 Å². The van der Waals surface area contributed by atoms with Crippen molar-refractivity contribution in [3.63, 3.8) is 0 Å². The van der Waals surface area contributed by atoms with Gasteiger partial charge in [-0.2, -0.15) is 0 Å². The summed E-state index contributed by atoms with van der Waals surface area (Å²) < 4.78 is 0. The topological polar surface area (TPSA) is 0 Å². The maximum absolute atomic E-state index is 2.27. The predicted molar refractivity (Wildman–Crippen MR) is 50.0 cm³/mol. The first-order valence-corrected chi connectivity index (χ1v) is 6.00. The van der Waals surface area contributed by atoms with Crippen LogP contribution < -0.4 is 0 Å². The van der Waals surface area contributed by atoms with E-state index in [0.717, 1.165) is 5.92 Å². The van der Waals surface area contributed by atoms with Crippen LogP contribution in [0.4, 0.5) is 0 Å². The molecule has 0 saturated heterocycles. The molecule has 0 N–H and O–H groups in total. The molecule has 2 heteroatoms. The predicted octanol–water partition coefficient (Wildman–Crippen LogP) is 3.43. The van der Waals surface area contributed by atoms with Crippen LogP contribution in [-0.4, -0.2) is 11.5 Å². The van der Waals surface area contributed by atoms with Gasteiger partial charge in [-0.1, -0.05) is 42.4 Å².